The van der Waals surface area contributed by atoms with E-state index in [9.17, 15) is 4.79 Å². The third-order valence-corrected chi connectivity index (χ3v) is 2.05. The van der Waals surface area contributed by atoms with Crippen molar-refractivity contribution in [2.75, 3.05) is 13.6 Å². The normalized spacial score (nSPS) is 12.6. The van der Waals surface area contributed by atoms with Crippen LogP contribution in [0.4, 0.5) is 0 Å². The van der Waals surface area contributed by atoms with E-state index in [4.69, 9.17) is 5.11 Å². The maximum absolute atomic E-state index is 11.4. The maximum Gasteiger partial charge on any atom is 0.222 e. The largest absolute Gasteiger partial charge is 0.393 e. The summed E-state index contributed by atoms with van der Waals surface area (Å²) < 4.78 is 0. The molecule has 0 saturated carbocycles. The molecule has 0 rings (SSSR count). The predicted octanol–water partition coefficient (Wildman–Crippen LogP) is 1.41. The first kappa shape index (κ1) is 12.4. The Morgan fingerprint density at radius 1 is 1.54 bits per heavy atom. The average Bonchev–Trinajstić information content (AvgIpc) is 2.10. The summed E-state index contributed by atoms with van der Waals surface area (Å²) in [7, 11) is 1.79. The van der Waals surface area contributed by atoms with Gasteiger partial charge in [0.2, 0.25) is 5.91 Å². The molecule has 3 nitrogen and oxygen atoms in total. The number of unbranched alkanes of at least 4 members (excludes halogenated alkanes) is 1. The molecule has 0 bridgehead atoms. The summed E-state index contributed by atoms with van der Waals surface area (Å²) in [6, 6.07) is 0. The molecule has 1 amide bonds. The standard InChI is InChI=1S/C10H21NO2/c1-4-5-6-10(13)11(3)8-7-9(2)12/h9,12H,4-8H2,1-3H3. The number of rotatable bonds is 6. The minimum atomic E-state index is -0.318. The predicted molar refractivity (Wildman–Crippen MR) is 53.5 cm³/mol. The molecule has 0 heterocycles. The topological polar surface area (TPSA) is 40.5 Å². The number of hydrogen-bond donors (Lipinski definition) is 1. The number of carbonyl (C=O) groups is 1. The molecule has 0 aliphatic heterocycles. The Kier molecular flexibility index (Phi) is 6.59. The Morgan fingerprint density at radius 3 is 2.62 bits per heavy atom. The summed E-state index contributed by atoms with van der Waals surface area (Å²) >= 11 is 0. The van der Waals surface area contributed by atoms with Crippen LogP contribution in [0, 0.1) is 0 Å². The molecule has 0 aliphatic rings. The van der Waals surface area contributed by atoms with E-state index in [-0.39, 0.29) is 12.0 Å². The molecule has 0 saturated heterocycles. The van der Waals surface area contributed by atoms with Crippen molar-refractivity contribution in [2.45, 2.75) is 45.6 Å². The third kappa shape index (κ3) is 6.58. The minimum Gasteiger partial charge on any atom is -0.393 e. The van der Waals surface area contributed by atoms with Gasteiger partial charge in [-0.3, -0.25) is 4.79 Å². The quantitative estimate of drug-likeness (QED) is 0.683. The highest BCUT2D eigenvalue weighted by molar-refractivity contribution is 5.75. The van der Waals surface area contributed by atoms with E-state index in [1.165, 1.54) is 0 Å². The number of hydrogen-bond acceptors (Lipinski definition) is 2. The first-order chi connectivity index (χ1) is 6.07. The fraction of sp³-hybridized carbons (Fsp3) is 0.900. The molecule has 78 valence electrons. The molecule has 0 aromatic heterocycles. The van der Waals surface area contributed by atoms with Crippen LogP contribution in [-0.2, 0) is 4.79 Å². The van der Waals surface area contributed by atoms with Gasteiger partial charge in [-0.25, -0.2) is 0 Å². The van der Waals surface area contributed by atoms with Crippen molar-refractivity contribution in [1.82, 2.24) is 4.90 Å². The lowest BCUT2D eigenvalue weighted by molar-refractivity contribution is -0.130. The SMILES string of the molecule is CCCCC(=O)N(C)CCC(C)O. The van der Waals surface area contributed by atoms with Crippen molar-refractivity contribution < 1.29 is 9.90 Å². The lowest BCUT2D eigenvalue weighted by Gasteiger charge is -2.17. The van der Waals surface area contributed by atoms with Crippen LogP contribution < -0.4 is 0 Å². The summed E-state index contributed by atoms with van der Waals surface area (Å²) in [5.41, 5.74) is 0. The van der Waals surface area contributed by atoms with Gasteiger partial charge in [0.25, 0.3) is 0 Å². The summed E-state index contributed by atoms with van der Waals surface area (Å²) in [6.07, 6.45) is 2.98. The number of carbonyl (C=O) groups excluding carboxylic acids is 1. The van der Waals surface area contributed by atoms with Gasteiger partial charge in [0.05, 0.1) is 6.10 Å². The Bertz CT molecular complexity index is 146. The second kappa shape index (κ2) is 6.89. The lowest BCUT2D eigenvalue weighted by Crippen LogP contribution is -2.29. The van der Waals surface area contributed by atoms with E-state index in [0.717, 1.165) is 12.8 Å². The van der Waals surface area contributed by atoms with E-state index in [2.05, 4.69) is 6.92 Å². The Hall–Kier alpha value is -0.570. The molecule has 1 N–H and O–H groups in total. The van der Waals surface area contributed by atoms with Gasteiger partial charge in [-0.2, -0.15) is 0 Å². The highest BCUT2D eigenvalue weighted by atomic mass is 16.3. The summed E-state index contributed by atoms with van der Waals surface area (Å²) in [5, 5.41) is 9.02. The highest BCUT2D eigenvalue weighted by Crippen LogP contribution is 2.00. The molecular weight excluding hydrogens is 166 g/mol. The van der Waals surface area contributed by atoms with E-state index >= 15 is 0 Å². The second-order valence-corrected chi connectivity index (χ2v) is 3.56. The molecule has 1 atom stereocenters. The van der Waals surface area contributed by atoms with Crippen LogP contribution in [0.25, 0.3) is 0 Å². The van der Waals surface area contributed by atoms with Crippen molar-refractivity contribution in [1.29, 1.82) is 0 Å². The molecular formula is C10H21NO2. The van der Waals surface area contributed by atoms with Crippen molar-refractivity contribution >= 4 is 5.91 Å². The number of amides is 1. The van der Waals surface area contributed by atoms with Crippen molar-refractivity contribution in [3.63, 3.8) is 0 Å². The van der Waals surface area contributed by atoms with Crippen LogP contribution in [-0.4, -0.2) is 35.6 Å². The molecule has 0 radical (unpaired) electrons. The highest BCUT2D eigenvalue weighted by Gasteiger charge is 2.08. The minimum absolute atomic E-state index is 0.183. The number of aliphatic hydroxyl groups is 1. The Morgan fingerprint density at radius 2 is 2.15 bits per heavy atom. The fourth-order valence-electron chi connectivity index (χ4n) is 1.02. The molecule has 3 heteroatoms. The maximum atomic E-state index is 11.4. The molecule has 13 heavy (non-hydrogen) atoms. The Labute approximate surface area is 80.7 Å². The van der Waals surface area contributed by atoms with Gasteiger partial charge in [0.1, 0.15) is 0 Å². The Balaban J connectivity index is 3.57. The first-order valence-electron chi connectivity index (χ1n) is 5.00. The van der Waals surface area contributed by atoms with E-state index in [1.54, 1.807) is 18.9 Å². The number of aliphatic hydroxyl groups excluding tert-OH is 1. The summed E-state index contributed by atoms with van der Waals surface area (Å²) in [4.78, 5) is 13.1. The monoisotopic (exact) mass is 187 g/mol. The molecule has 1 unspecified atom stereocenters. The zero-order valence-electron chi connectivity index (χ0n) is 8.92. The van der Waals surface area contributed by atoms with Gasteiger partial charge in [0, 0.05) is 20.0 Å². The van der Waals surface area contributed by atoms with Gasteiger partial charge in [0.15, 0.2) is 0 Å². The smallest absolute Gasteiger partial charge is 0.222 e. The van der Waals surface area contributed by atoms with E-state index in [1.807, 2.05) is 0 Å². The lowest BCUT2D eigenvalue weighted by atomic mass is 10.2. The van der Waals surface area contributed by atoms with Crippen LogP contribution in [0.3, 0.4) is 0 Å². The molecule has 0 fully saturated rings. The van der Waals surface area contributed by atoms with Crippen molar-refractivity contribution in [3.8, 4) is 0 Å². The molecule has 0 aromatic carbocycles. The zero-order valence-corrected chi connectivity index (χ0v) is 8.92. The van der Waals surface area contributed by atoms with E-state index in [0.29, 0.717) is 19.4 Å². The molecule has 0 aliphatic carbocycles. The van der Waals surface area contributed by atoms with Crippen molar-refractivity contribution in [3.05, 3.63) is 0 Å². The fourth-order valence-corrected chi connectivity index (χ4v) is 1.02. The average molecular weight is 187 g/mol. The van der Waals surface area contributed by atoms with Gasteiger partial charge in [-0.15, -0.1) is 0 Å². The van der Waals surface area contributed by atoms with Gasteiger partial charge >= 0.3 is 0 Å². The van der Waals surface area contributed by atoms with E-state index < -0.39 is 0 Å². The summed E-state index contributed by atoms with van der Waals surface area (Å²) in [6.45, 7) is 4.47. The molecule has 0 aromatic rings. The number of nitrogens with zero attached hydrogens (tertiary/aromatic N) is 1. The second-order valence-electron chi connectivity index (χ2n) is 3.56. The van der Waals surface area contributed by atoms with Gasteiger partial charge in [-0.1, -0.05) is 13.3 Å². The van der Waals surface area contributed by atoms with Crippen molar-refractivity contribution in [2.24, 2.45) is 0 Å². The van der Waals surface area contributed by atoms with Crippen LogP contribution in [0.1, 0.15) is 39.5 Å². The van der Waals surface area contributed by atoms with Gasteiger partial charge < -0.3 is 10.0 Å². The zero-order chi connectivity index (χ0) is 10.3. The van der Waals surface area contributed by atoms with Crippen LogP contribution in [0.2, 0.25) is 0 Å². The van der Waals surface area contributed by atoms with Gasteiger partial charge in [-0.05, 0) is 19.8 Å². The third-order valence-electron chi connectivity index (χ3n) is 2.05. The molecule has 0 spiro atoms. The van der Waals surface area contributed by atoms with Crippen LogP contribution in [0.15, 0.2) is 0 Å². The first-order valence-corrected chi connectivity index (χ1v) is 5.00. The van der Waals surface area contributed by atoms with Crippen LogP contribution in [0.5, 0.6) is 0 Å². The summed E-state index contributed by atoms with van der Waals surface area (Å²) in [5.74, 6) is 0.183. The van der Waals surface area contributed by atoms with Crippen LogP contribution >= 0.6 is 0 Å².